The molecule has 0 aliphatic carbocycles. The molecule has 6 rings (SSSR count). The Morgan fingerprint density at radius 1 is 1.00 bits per heavy atom. The second-order valence-corrected chi connectivity index (χ2v) is 11.7. The Balaban J connectivity index is 1.30. The van der Waals surface area contributed by atoms with Crippen molar-refractivity contribution in [3.63, 3.8) is 0 Å². The van der Waals surface area contributed by atoms with Gasteiger partial charge >= 0.3 is 12.2 Å². The van der Waals surface area contributed by atoms with Crippen LogP contribution in [0.3, 0.4) is 0 Å². The van der Waals surface area contributed by atoms with Crippen molar-refractivity contribution in [1.82, 2.24) is 19.9 Å². The van der Waals surface area contributed by atoms with Crippen LogP contribution in [0, 0.1) is 6.92 Å². The summed E-state index contributed by atoms with van der Waals surface area (Å²) in [4.78, 5) is 46.4. The van der Waals surface area contributed by atoms with Crippen LogP contribution in [0.5, 0.6) is 5.75 Å². The Labute approximate surface area is 275 Å². The molecule has 1 fully saturated rings. The number of nitrogens with zero attached hydrogens (tertiary/aromatic N) is 6. The van der Waals surface area contributed by atoms with Gasteiger partial charge < -0.3 is 20.3 Å². The van der Waals surface area contributed by atoms with E-state index in [4.69, 9.17) is 9.72 Å². The molecule has 4 heterocycles. The molecule has 3 amide bonds. The zero-order valence-electron chi connectivity index (χ0n) is 26.5. The number of carbonyl (C=O) groups excluding carboxylic acids is 2. The summed E-state index contributed by atoms with van der Waals surface area (Å²) in [5.74, 6) is 0.423. The first-order chi connectivity index (χ1) is 23.1. The van der Waals surface area contributed by atoms with E-state index in [0.717, 1.165) is 49.4 Å². The number of fused-ring (bicyclic) bond motifs is 1. The van der Waals surface area contributed by atoms with Gasteiger partial charge in [0.15, 0.2) is 0 Å². The number of benzene rings is 2. The summed E-state index contributed by atoms with van der Waals surface area (Å²) in [5.41, 5.74) is 1.80. The fraction of sp³-hybridized carbons (Fsp3) is 0.324. The number of rotatable bonds is 9. The lowest BCUT2D eigenvalue weighted by atomic mass is 10.1. The van der Waals surface area contributed by atoms with Crippen molar-refractivity contribution in [3.05, 3.63) is 89.4 Å². The highest BCUT2D eigenvalue weighted by Gasteiger charge is 2.34. The van der Waals surface area contributed by atoms with Crippen LogP contribution in [0.15, 0.2) is 67.0 Å². The summed E-state index contributed by atoms with van der Waals surface area (Å²) < 4.78 is 45.3. The third-order valence-electron chi connectivity index (χ3n) is 8.38. The number of halogens is 3. The lowest BCUT2D eigenvalue weighted by Gasteiger charge is -2.37. The van der Waals surface area contributed by atoms with Gasteiger partial charge in [-0.3, -0.25) is 19.6 Å². The molecule has 14 heteroatoms. The monoisotopic (exact) mass is 660 g/mol. The van der Waals surface area contributed by atoms with E-state index in [1.807, 2.05) is 19.1 Å². The minimum absolute atomic E-state index is 0.134. The van der Waals surface area contributed by atoms with E-state index >= 15 is 0 Å². The van der Waals surface area contributed by atoms with E-state index in [1.165, 1.54) is 31.7 Å². The van der Waals surface area contributed by atoms with Gasteiger partial charge in [-0.1, -0.05) is 12.5 Å². The molecule has 1 saturated heterocycles. The highest BCUT2D eigenvalue weighted by molar-refractivity contribution is 6.07. The van der Waals surface area contributed by atoms with Crippen molar-refractivity contribution in [2.45, 2.75) is 38.9 Å². The average Bonchev–Trinajstić information content (AvgIpc) is 3.08. The average molecular weight is 661 g/mol. The van der Waals surface area contributed by atoms with E-state index in [2.05, 4.69) is 25.5 Å². The predicted molar refractivity (Wildman–Crippen MR) is 176 cm³/mol. The van der Waals surface area contributed by atoms with Crippen molar-refractivity contribution in [3.8, 4) is 5.75 Å². The second-order valence-electron chi connectivity index (χ2n) is 11.7. The summed E-state index contributed by atoms with van der Waals surface area (Å²) in [5, 5.41) is 5.86. The Bertz CT molecular complexity index is 1810. The lowest BCUT2D eigenvalue weighted by Crippen LogP contribution is -2.50. The lowest BCUT2D eigenvalue weighted by molar-refractivity contribution is -0.137. The van der Waals surface area contributed by atoms with Gasteiger partial charge in [0.1, 0.15) is 11.6 Å². The first-order valence-electron chi connectivity index (χ1n) is 15.6. The SMILES string of the molecule is COc1cc(NC(=O)c2cccc(C(F)(F)F)c2)cc(N2Cc3cnc(Nc4cccnc4C)nc3N(CCN3CCCCC3)C2=O)c1. The van der Waals surface area contributed by atoms with Crippen LogP contribution >= 0.6 is 0 Å². The number of methoxy groups -OCH3 is 1. The number of pyridine rings is 1. The third kappa shape index (κ3) is 7.33. The first kappa shape index (κ1) is 32.7. The maximum Gasteiger partial charge on any atom is 0.416 e. The number of nitrogens with one attached hydrogen (secondary N) is 2. The van der Waals surface area contributed by atoms with Gasteiger partial charge in [-0.2, -0.15) is 18.2 Å². The fourth-order valence-electron chi connectivity index (χ4n) is 5.81. The number of carbonyl (C=O) groups is 2. The van der Waals surface area contributed by atoms with Crippen LogP contribution in [0.1, 0.15) is 46.4 Å². The van der Waals surface area contributed by atoms with E-state index in [1.54, 1.807) is 34.3 Å². The van der Waals surface area contributed by atoms with Crippen molar-refractivity contribution in [1.29, 1.82) is 0 Å². The summed E-state index contributed by atoms with van der Waals surface area (Å²) in [6, 6.07) is 12.3. The van der Waals surface area contributed by atoms with Gasteiger partial charge in [-0.25, -0.2) is 9.78 Å². The predicted octanol–water partition coefficient (Wildman–Crippen LogP) is 6.64. The number of piperidine rings is 1. The molecule has 0 atom stereocenters. The fourth-order valence-corrected chi connectivity index (χ4v) is 5.81. The standard InChI is InChI=1S/C34H35F3N8O3/c1-22-29(10-7-11-38-22)41-32-39-20-24-21-45(33(47)44(30(24)42-32)15-14-43-12-4-3-5-13-43)27-17-26(18-28(19-27)48-2)40-31(46)23-8-6-9-25(16-23)34(35,36)37/h6-11,16-20H,3-5,12-15,21H2,1-2H3,(H,40,46)(H,39,41,42). The van der Waals surface area contributed by atoms with E-state index in [-0.39, 0.29) is 23.8 Å². The number of anilines is 5. The van der Waals surface area contributed by atoms with E-state index < -0.39 is 17.6 Å². The highest BCUT2D eigenvalue weighted by Crippen LogP contribution is 2.35. The second kappa shape index (κ2) is 13.9. The van der Waals surface area contributed by atoms with E-state index in [9.17, 15) is 22.8 Å². The molecule has 2 aromatic heterocycles. The minimum Gasteiger partial charge on any atom is -0.497 e. The number of ether oxygens (including phenoxy) is 1. The van der Waals surface area contributed by atoms with Crippen LogP contribution in [0.4, 0.5) is 46.8 Å². The third-order valence-corrected chi connectivity index (χ3v) is 8.38. The van der Waals surface area contributed by atoms with Crippen LogP contribution in [0.2, 0.25) is 0 Å². The number of aryl methyl sites for hydroxylation is 1. The van der Waals surface area contributed by atoms with Crippen LogP contribution in [0.25, 0.3) is 0 Å². The number of aromatic nitrogens is 3. The molecule has 2 N–H and O–H groups in total. The minimum atomic E-state index is -4.59. The first-order valence-corrected chi connectivity index (χ1v) is 15.6. The molecule has 0 saturated carbocycles. The van der Waals surface area contributed by atoms with Gasteiger partial charge in [0.2, 0.25) is 5.95 Å². The Morgan fingerprint density at radius 2 is 1.81 bits per heavy atom. The molecule has 2 aliphatic rings. The van der Waals surface area contributed by atoms with Gasteiger partial charge in [-0.05, 0) is 69.3 Å². The molecule has 0 bridgehead atoms. The van der Waals surface area contributed by atoms with Crippen molar-refractivity contribution in [2.75, 3.05) is 53.7 Å². The molecule has 48 heavy (non-hydrogen) atoms. The molecular weight excluding hydrogens is 625 g/mol. The number of urea groups is 1. The van der Waals surface area contributed by atoms with Crippen molar-refractivity contribution < 1.29 is 27.5 Å². The van der Waals surface area contributed by atoms with Crippen molar-refractivity contribution >= 4 is 40.8 Å². The smallest absolute Gasteiger partial charge is 0.416 e. The number of hydrogen-bond donors (Lipinski definition) is 2. The number of amides is 3. The number of hydrogen-bond acceptors (Lipinski definition) is 8. The zero-order chi connectivity index (χ0) is 33.8. The summed E-state index contributed by atoms with van der Waals surface area (Å²) in [6.45, 7) is 4.96. The van der Waals surface area contributed by atoms with Crippen LogP contribution in [-0.4, -0.2) is 65.1 Å². The maximum atomic E-state index is 14.3. The number of likely N-dealkylation sites (tertiary alicyclic amines) is 1. The van der Waals surface area contributed by atoms with Gasteiger partial charge in [-0.15, -0.1) is 0 Å². The zero-order valence-corrected chi connectivity index (χ0v) is 26.5. The molecule has 0 unspecified atom stereocenters. The molecular formula is C34H35F3N8O3. The van der Waals surface area contributed by atoms with Gasteiger partial charge in [0.25, 0.3) is 5.91 Å². The van der Waals surface area contributed by atoms with Gasteiger partial charge in [0, 0.05) is 54.4 Å². The largest absolute Gasteiger partial charge is 0.497 e. The number of alkyl halides is 3. The summed E-state index contributed by atoms with van der Waals surface area (Å²) in [6.07, 6.45) is 2.19. The van der Waals surface area contributed by atoms with Crippen molar-refractivity contribution in [2.24, 2.45) is 0 Å². The van der Waals surface area contributed by atoms with Crippen LogP contribution in [-0.2, 0) is 12.7 Å². The molecule has 11 nitrogen and oxygen atoms in total. The summed E-state index contributed by atoms with van der Waals surface area (Å²) >= 11 is 0. The Morgan fingerprint density at radius 3 is 2.56 bits per heavy atom. The van der Waals surface area contributed by atoms with Gasteiger partial charge in [0.05, 0.1) is 36.3 Å². The Kier molecular flexibility index (Phi) is 9.44. The molecule has 4 aromatic rings. The molecule has 2 aliphatic heterocycles. The highest BCUT2D eigenvalue weighted by atomic mass is 19.4. The maximum absolute atomic E-state index is 14.3. The summed E-state index contributed by atoms with van der Waals surface area (Å²) in [7, 11) is 1.45. The quantitative estimate of drug-likeness (QED) is 0.206. The molecule has 0 radical (unpaired) electrons. The molecule has 0 spiro atoms. The normalized spacial score (nSPS) is 15.2. The molecule has 2 aromatic carbocycles. The van der Waals surface area contributed by atoms with E-state index in [0.29, 0.717) is 41.9 Å². The topological polar surface area (TPSA) is 116 Å². The van der Waals surface area contributed by atoms with Crippen LogP contribution < -0.4 is 25.2 Å². The molecule has 250 valence electrons. The Hall–Kier alpha value is -5.24.